The van der Waals surface area contributed by atoms with Gasteiger partial charge in [0.15, 0.2) is 5.50 Å². The van der Waals surface area contributed by atoms with E-state index in [-0.39, 0.29) is 23.2 Å². The molecule has 11 heteroatoms. The third-order valence-corrected chi connectivity index (χ3v) is 6.78. The van der Waals surface area contributed by atoms with Crippen LogP contribution in [-0.4, -0.2) is 47.9 Å². The zero-order chi connectivity index (χ0) is 22.8. The van der Waals surface area contributed by atoms with Crippen LogP contribution in [0, 0.1) is 6.92 Å². The van der Waals surface area contributed by atoms with Gasteiger partial charge in [0.2, 0.25) is 5.95 Å². The second-order valence-corrected chi connectivity index (χ2v) is 9.49. The van der Waals surface area contributed by atoms with Crippen molar-refractivity contribution in [2.75, 3.05) is 16.0 Å². The Hall–Kier alpha value is -3.18. The highest BCUT2D eigenvalue weighted by Gasteiger charge is 2.24. The minimum atomic E-state index is -0.227. The van der Waals surface area contributed by atoms with Gasteiger partial charge in [0.25, 0.3) is 5.56 Å². The molecule has 0 radical (unpaired) electrons. The summed E-state index contributed by atoms with van der Waals surface area (Å²) in [6, 6.07) is 7.74. The molecule has 5 N–H and O–H groups in total. The fourth-order valence-corrected chi connectivity index (χ4v) is 5.06. The van der Waals surface area contributed by atoms with Crippen LogP contribution in [0.3, 0.4) is 0 Å². The number of aromatic amines is 1. The lowest BCUT2D eigenvalue weighted by Crippen LogP contribution is -2.29. The molecule has 1 aliphatic carbocycles. The number of aromatic nitrogens is 5. The van der Waals surface area contributed by atoms with Gasteiger partial charge in [-0.05, 0) is 50.8 Å². The van der Waals surface area contributed by atoms with Gasteiger partial charge in [0, 0.05) is 30.3 Å². The van der Waals surface area contributed by atoms with Gasteiger partial charge in [-0.25, -0.2) is 15.1 Å². The van der Waals surface area contributed by atoms with Crippen molar-refractivity contribution in [1.29, 1.82) is 0 Å². The first-order valence-electron chi connectivity index (χ1n) is 11.0. The first-order chi connectivity index (χ1) is 16.0. The Morgan fingerprint density at radius 3 is 2.85 bits per heavy atom. The van der Waals surface area contributed by atoms with Gasteiger partial charge >= 0.3 is 0 Å². The topological polar surface area (TPSA) is 141 Å². The van der Waals surface area contributed by atoms with Gasteiger partial charge in [0.05, 0.1) is 23.2 Å². The molecule has 1 aliphatic heterocycles. The molecule has 0 aromatic carbocycles. The Morgan fingerprint density at radius 1 is 1.18 bits per heavy atom. The van der Waals surface area contributed by atoms with Gasteiger partial charge in [0.1, 0.15) is 10.8 Å². The molecular formula is C22H26N8O2S. The Bertz CT molecular complexity index is 1170. The largest absolute Gasteiger partial charge is 0.393 e. The fourth-order valence-electron chi connectivity index (χ4n) is 4.09. The van der Waals surface area contributed by atoms with Crippen molar-refractivity contribution in [3.05, 3.63) is 57.8 Å². The van der Waals surface area contributed by atoms with E-state index < -0.39 is 0 Å². The highest BCUT2D eigenvalue weighted by Crippen LogP contribution is 2.36. The molecule has 1 atom stereocenters. The molecule has 1 saturated carbocycles. The summed E-state index contributed by atoms with van der Waals surface area (Å²) in [5.74, 6) is 1.16. The minimum absolute atomic E-state index is 0.123. The number of H-pyrrole nitrogens is 1. The molecule has 3 aromatic rings. The highest BCUT2D eigenvalue weighted by atomic mass is 32.2. The molecule has 4 heterocycles. The van der Waals surface area contributed by atoms with Crippen LogP contribution < -0.4 is 21.5 Å². The number of rotatable bonds is 6. The zero-order valence-corrected chi connectivity index (χ0v) is 19.0. The van der Waals surface area contributed by atoms with Gasteiger partial charge in [-0.1, -0.05) is 11.8 Å². The van der Waals surface area contributed by atoms with Crippen LogP contribution in [-0.2, 0) is 6.42 Å². The number of nitrogens with zero attached hydrogens (tertiary/aromatic N) is 4. The molecular weight excluding hydrogens is 440 g/mol. The summed E-state index contributed by atoms with van der Waals surface area (Å²) < 4.78 is 0. The molecule has 0 bridgehead atoms. The molecule has 1 fully saturated rings. The van der Waals surface area contributed by atoms with E-state index in [4.69, 9.17) is 0 Å². The number of anilines is 3. The van der Waals surface area contributed by atoms with Gasteiger partial charge in [-0.2, -0.15) is 10.1 Å². The Kier molecular flexibility index (Phi) is 6.14. The van der Waals surface area contributed by atoms with Crippen LogP contribution in [0.2, 0.25) is 0 Å². The normalized spacial score (nSPS) is 21.8. The summed E-state index contributed by atoms with van der Waals surface area (Å²) in [5, 5.41) is 27.5. The maximum absolute atomic E-state index is 12.3. The predicted molar refractivity (Wildman–Crippen MR) is 127 cm³/mol. The van der Waals surface area contributed by atoms with Crippen LogP contribution in [0.1, 0.15) is 42.6 Å². The third-order valence-electron chi connectivity index (χ3n) is 5.76. The summed E-state index contributed by atoms with van der Waals surface area (Å²) in [6.45, 7) is 1.84. The lowest BCUT2D eigenvalue weighted by atomic mass is 9.93. The molecule has 1 unspecified atom stereocenters. The standard InChI is InChI=1S/C22H26N8O2S/c1-12-9-13(19(32)30-29-12)10-15-11-18(28-22-26-17-3-2-8-23-20(17)33-22)27-21(25-15)24-14-4-6-16(31)7-5-14/h2-3,8-9,11,14,16,22,26,31H,4-7,10H2,1H3,(H,30,32)(H2,24,25,27,28). The SMILES string of the molecule is Cc1cc(Cc2cc(NC3Nc4cccnc4S3)nc(NC3CCC(O)CC3)n2)c(=O)[nH]n1. The second kappa shape index (κ2) is 9.36. The number of hydrogen-bond donors (Lipinski definition) is 5. The Labute approximate surface area is 195 Å². The smallest absolute Gasteiger partial charge is 0.267 e. The summed E-state index contributed by atoms with van der Waals surface area (Å²) in [7, 11) is 0. The molecule has 0 saturated heterocycles. The quantitative estimate of drug-likeness (QED) is 0.368. The Balaban J connectivity index is 1.39. The van der Waals surface area contributed by atoms with Crippen LogP contribution >= 0.6 is 11.8 Å². The van der Waals surface area contributed by atoms with E-state index in [0.717, 1.165) is 47.8 Å². The number of thioether (sulfide) groups is 1. The molecule has 5 rings (SSSR count). The van der Waals surface area contributed by atoms with Crippen LogP contribution in [0.15, 0.2) is 40.3 Å². The minimum Gasteiger partial charge on any atom is -0.393 e. The van der Waals surface area contributed by atoms with Crippen molar-refractivity contribution in [1.82, 2.24) is 25.1 Å². The van der Waals surface area contributed by atoms with Crippen LogP contribution in [0.4, 0.5) is 17.5 Å². The molecule has 0 amide bonds. The van der Waals surface area contributed by atoms with E-state index in [0.29, 0.717) is 23.8 Å². The van der Waals surface area contributed by atoms with Crippen molar-refractivity contribution in [2.24, 2.45) is 0 Å². The number of aryl methyl sites for hydroxylation is 1. The summed E-state index contributed by atoms with van der Waals surface area (Å²) in [4.78, 5) is 26.0. The number of aliphatic hydroxyl groups excluding tert-OH is 1. The number of hydrogen-bond acceptors (Lipinski definition) is 10. The van der Waals surface area contributed by atoms with E-state index in [9.17, 15) is 9.90 Å². The van der Waals surface area contributed by atoms with Crippen LogP contribution in [0.5, 0.6) is 0 Å². The van der Waals surface area contributed by atoms with Crippen LogP contribution in [0.25, 0.3) is 0 Å². The summed E-state index contributed by atoms with van der Waals surface area (Å²) >= 11 is 1.58. The van der Waals surface area contributed by atoms with E-state index in [1.165, 1.54) is 0 Å². The first-order valence-corrected chi connectivity index (χ1v) is 11.9. The van der Waals surface area contributed by atoms with Crippen molar-refractivity contribution < 1.29 is 5.11 Å². The average molecular weight is 467 g/mol. The number of pyridine rings is 1. The molecule has 0 spiro atoms. The van der Waals surface area contributed by atoms with Crippen molar-refractivity contribution in [3.63, 3.8) is 0 Å². The maximum Gasteiger partial charge on any atom is 0.267 e. The second-order valence-electron chi connectivity index (χ2n) is 8.40. The van der Waals surface area contributed by atoms with Gasteiger partial charge in [-0.3, -0.25) is 4.79 Å². The molecule has 10 nitrogen and oxygen atoms in total. The van der Waals surface area contributed by atoms with Crippen molar-refractivity contribution in [2.45, 2.75) is 61.7 Å². The zero-order valence-electron chi connectivity index (χ0n) is 18.2. The average Bonchev–Trinajstić information content (AvgIpc) is 3.20. The molecule has 3 aromatic heterocycles. The van der Waals surface area contributed by atoms with Gasteiger partial charge in [-0.15, -0.1) is 0 Å². The van der Waals surface area contributed by atoms with E-state index in [1.807, 2.05) is 25.1 Å². The lowest BCUT2D eigenvalue weighted by Gasteiger charge is -2.26. The fraction of sp³-hybridized carbons (Fsp3) is 0.409. The molecule has 33 heavy (non-hydrogen) atoms. The van der Waals surface area contributed by atoms with E-state index in [2.05, 4.69) is 41.1 Å². The monoisotopic (exact) mass is 466 g/mol. The number of nitrogens with one attached hydrogen (secondary N) is 4. The van der Waals surface area contributed by atoms with E-state index in [1.54, 1.807) is 24.0 Å². The maximum atomic E-state index is 12.3. The molecule has 172 valence electrons. The Morgan fingerprint density at radius 2 is 2.03 bits per heavy atom. The number of fused-ring (bicyclic) bond motifs is 1. The van der Waals surface area contributed by atoms with Crippen molar-refractivity contribution in [3.8, 4) is 0 Å². The number of aliphatic hydroxyl groups is 1. The van der Waals surface area contributed by atoms with Crippen molar-refractivity contribution >= 4 is 29.2 Å². The third kappa shape index (κ3) is 5.25. The van der Waals surface area contributed by atoms with E-state index >= 15 is 0 Å². The highest BCUT2D eigenvalue weighted by molar-refractivity contribution is 8.00. The lowest BCUT2D eigenvalue weighted by molar-refractivity contribution is 0.126. The molecule has 2 aliphatic rings. The first kappa shape index (κ1) is 21.7. The summed E-state index contributed by atoms with van der Waals surface area (Å²) in [5.41, 5.74) is 2.70. The summed E-state index contributed by atoms with van der Waals surface area (Å²) in [6.07, 6.45) is 5.17. The van der Waals surface area contributed by atoms with Gasteiger partial charge < -0.3 is 21.1 Å². The predicted octanol–water partition coefficient (Wildman–Crippen LogP) is 2.48.